The fraction of sp³-hybridized carbons (Fsp3) is 0.571. The van der Waals surface area contributed by atoms with Gasteiger partial charge in [0, 0.05) is 31.4 Å². The molecular weight excluding hydrogens is 229 g/mol. The Morgan fingerprint density at radius 3 is 2.72 bits per heavy atom. The monoisotopic (exact) mass is 251 g/mol. The second-order valence-corrected chi connectivity index (χ2v) is 5.14. The second kappa shape index (κ2) is 5.67. The van der Waals surface area contributed by atoms with Crippen molar-refractivity contribution >= 4 is 5.69 Å². The van der Waals surface area contributed by atoms with E-state index in [1.165, 1.54) is 6.07 Å². The van der Waals surface area contributed by atoms with E-state index in [-0.39, 0.29) is 11.9 Å². The first-order valence-electron chi connectivity index (χ1n) is 6.56. The van der Waals surface area contributed by atoms with E-state index >= 15 is 0 Å². The summed E-state index contributed by atoms with van der Waals surface area (Å²) in [5.74, 6) is -0.210. The Morgan fingerprint density at radius 2 is 2.00 bits per heavy atom. The van der Waals surface area contributed by atoms with Crippen LogP contribution in [0.2, 0.25) is 0 Å². The summed E-state index contributed by atoms with van der Waals surface area (Å²) in [6.07, 6.45) is 1.13. The van der Waals surface area contributed by atoms with Gasteiger partial charge in [0.25, 0.3) is 0 Å². The highest BCUT2D eigenvalue weighted by atomic mass is 19.1. The molecular formula is C14H22FN3. The van der Waals surface area contributed by atoms with Crippen LogP contribution in [0.3, 0.4) is 0 Å². The first kappa shape index (κ1) is 13.3. The molecule has 0 aromatic heterocycles. The second-order valence-electron chi connectivity index (χ2n) is 5.14. The van der Waals surface area contributed by atoms with Gasteiger partial charge < -0.3 is 15.5 Å². The lowest BCUT2D eigenvalue weighted by atomic mass is 10.1. The predicted molar refractivity (Wildman–Crippen MR) is 73.3 cm³/mol. The third-order valence-electron chi connectivity index (χ3n) is 3.54. The lowest BCUT2D eigenvalue weighted by molar-refractivity contribution is 0.360. The van der Waals surface area contributed by atoms with Crippen molar-refractivity contribution in [2.24, 2.45) is 5.73 Å². The SMILES string of the molecule is CC(N)c1cc(F)ccc1N1CCCN(C)CC1. The Kier molecular flexibility index (Phi) is 4.19. The summed E-state index contributed by atoms with van der Waals surface area (Å²) < 4.78 is 13.3. The van der Waals surface area contributed by atoms with Gasteiger partial charge in [-0.05, 0) is 50.7 Å². The summed E-state index contributed by atoms with van der Waals surface area (Å²) >= 11 is 0. The van der Waals surface area contributed by atoms with E-state index in [9.17, 15) is 4.39 Å². The van der Waals surface area contributed by atoms with E-state index in [0.29, 0.717) is 0 Å². The van der Waals surface area contributed by atoms with Gasteiger partial charge in [0.2, 0.25) is 0 Å². The Hall–Kier alpha value is -1.13. The van der Waals surface area contributed by atoms with Gasteiger partial charge >= 0.3 is 0 Å². The highest BCUT2D eigenvalue weighted by molar-refractivity contribution is 5.55. The van der Waals surface area contributed by atoms with Crippen molar-refractivity contribution in [1.82, 2.24) is 4.90 Å². The van der Waals surface area contributed by atoms with Crippen LogP contribution in [0.4, 0.5) is 10.1 Å². The quantitative estimate of drug-likeness (QED) is 0.872. The largest absolute Gasteiger partial charge is 0.370 e. The van der Waals surface area contributed by atoms with Crippen LogP contribution >= 0.6 is 0 Å². The van der Waals surface area contributed by atoms with E-state index in [4.69, 9.17) is 5.73 Å². The summed E-state index contributed by atoms with van der Waals surface area (Å²) in [4.78, 5) is 4.65. The van der Waals surface area contributed by atoms with Crippen LogP contribution < -0.4 is 10.6 Å². The molecule has 18 heavy (non-hydrogen) atoms. The van der Waals surface area contributed by atoms with Gasteiger partial charge in [0.05, 0.1) is 0 Å². The van der Waals surface area contributed by atoms with Crippen LogP contribution in [-0.4, -0.2) is 38.1 Å². The molecule has 1 aromatic carbocycles. The zero-order valence-corrected chi connectivity index (χ0v) is 11.2. The maximum atomic E-state index is 13.3. The van der Waals surface area contributed by atoms with Crippen molar-refractivity contribution in [3.8, 4) is 0 Å². The normalized spacial score (nSPS) is 19.7. The number of hydrogen-bond donors (Lipinski definition) is 1. The molecule has 0 amide bonds. The molecule has 1 saturated heterocycles. The van der Waals surface area contributed by atoms with Crippen LogP contribution in [-0.2, 0) is 0 Å². The molecule has 3 nitrogen and oxygen atoms in total. The summed E-state index contributed by atoms with van der Waals surface area (Å²) in [6.45, 7) is 6.04. The molecule has 1 aliphatic heterocycles. The minimum absolute atomic E-state index is 0.142. The molecule has 1 unspecified atom stereocenters. The van der Waals surface area contributed by atoms with E-state index in [1.807, 2.05) is 13.0 Å². The number of nitrogens with zero attached hydrogens (tertiary/aromatic N) is 2. The molecule has 1 atom stereocenters. The van der Waals surface area contributed by atoms with Crippen molar-refractivity contribution in [3.63, 3.8) is 0 Å². The minimum atomic E-state index is -0.210. The molecule has 4 heteroatoms. The zero-order chi connectivity index (χ0) is 13.1. The highest BCUT2D eigenvalue weighted by Crippen LogP contribution is 2.27. The minimum Gasteiger partial charge on any atom is -0.370 e. The van der Waals surface area contributed by atoms with Gasteiger partial charge in [-0.2, -0.15) is 0 Å². The van der Waals surface area contributed by atoms with E-state index in [0.717, 1.165) is 43.9 Å². The smallest absolute Gasteiger partial charge is 0.123 e. The number of anilines is 1. The topological polar surface area (TPSA) is 32.5 Å². The van der Waals surface area contributed by atoms with Gasteiger partial charge in [-0.3, -0.25) is 0 Å². The fourth-order valence-corrected chi connectivity index (χ4v) is 2.47. The van der Waals surface area contributed by atoms with Crippen LogP contribution in [0.1, 0.15) is 24.9 Å². The predicted octanol–water partition coefficient (Wildman–Crippen LogP) is 1.99. The molecule has 0 spiro atoms. The fourth-order valence-electron chi connectivity index (χ4n) is 2.47. The maximum absolute atomic E-state index is 13.3. The van der Waals surface area contributed by atoms with Crippen molar-refractivity contribution in [2.45, 2.75) is 19.4 Å². The molecule has 0 aliphatic carbocycles. The number of benzene rings is 1. The standard InChI is InChI=1S/C14H22FN3/c1-11(16)13-10-12(15)4-5-14(13)18-7-3-6-17(2)8-9-18/h4-5,10-11H,3,6-9,16H2,1-2H3. The Bertz CT molecular complexity index is 406. The first-order valence-corrected chi connectivity index (χ1v) is 6.56. The Balaban J connectivity index is 2.26. The van der Waals surface area contributed by atoms with Crippen LogP contribution in [0.5, 0.6) is 0 Å². The molecule has 0 radical (unpaired) electrons. The molecule has 2 rings (SSSR count). The zero-order valence-electron chi connectivity index (χ0n) is 11.2. The average molecular weight is 251 g/mol. The summed E-state index contributed by atoms with van der Waals surface area (Å²) in [7, 11) is 2.14. The molecule has 1 heterocycles. The number of likely N-dealkylation sites (N-methyl/N-ethyl adjacent to an activating group) is 1. The number of halogens is 1. The average Bonchev–Trinajstić information content (AvgIpc) is 2.54. The highest BCUT2D eigenvalue weighted by Gasteiger charge is 2.17. The molecule has 0 saturated carbocycles. The molecule has 1 fully saturated rings. The number of rotatable bonds is 2. The van der Waals surface area contributed by atoms with E-state index in [1.54, 1.807) is 6.07 Å². The third kappa shape index (κ3) is 3.00. The number of nitrogens with two attached hydrogens (primary N) is 1. The van der Waals surface area contributed by atoms with Crippen molar-refractivity contribution < 1.29 is 4.39 Å². The van der Waals surface area contributed by atoms with E-state index < -0.39 is 0 Å². The Labute approximate surface area is 108 Å². The van der Waals surface area contributed by atoms with Crippen LogP contribution in [0.15, 0.2) is 18.2 Å². The maximum Gasteiger partial charge on any atom is 0.123 e. The van der Waals surface area contributed by atoms with Crippen molar-refractivity contribution in [2.75, 3.05) is 38.1 Å². The van der Waals surface area contributed by atoms with Crippen LogP contribution in [0, 0.1) is 5.82 Å². The van der Waals surface area contributed by atoms with Gasteiger partial charge in [0.1, 0.15) is 5.82 Å². The number of hydrogen-bond acceptors (Lipinski definition) is 3. The first-order chi connectivity index (χ1) is 8.58. The molecule has 0 bridgehead atoms. The third-order valence-corrected chi connectivity index (χ3v) is 3.54. The molecule has 1 aliphatic rings. The molecule has 100 valence electrons. The summed E-state index contributed by atoms with van der Waals surface area (Å²) in [5.41, 5.74) is 7.94. The summed E-state index contributed by atoms with van der Waals surface area (Å²) in [5, 5.41) is 0. The van der Waals surface area contributed by atoms with Crippen molar-refractivity contribution in [3.05, 3.63) is 29.6 Å². The van der Waals surface area contributed by atoms with Gasteiger partial charge in [-0.25, -0.2) is 4.39 Å². The molecule has 2 N–H and O–H groups in total. The van der Waals surface area contributed by atoms with Gasteiger partial charge in [-0.15, -0.1) is 0 Å². The van der Waals surface area contributed by atoms with Gasteiger partial charge in [-0.1, -0.05) is 0 Å². The molecule has 1 aromatic rings. The van der Waals surface area contributed by atoms with Crippen LogP contribution in [0.25, 0.3) is 0 Å². The lowest BCUT2D eigenvalue weighted by Crippen LogP contribution is -2.30. The Morgan fingerprint density at radius 1 is 1.22 bits per heavy atom. The van der Waals surface area contributed by atoms with Crippen molar-refractivity contribution in [1.29, 1.82) is 0 Å². The van der Waals surface area contributed by atoms with Gasteiger partial charge in [0.15, 0.2) is 0 Å². The lowest BCUT2D eigenvalue weighted by Gasteiger charge is -2.26. The summed E-state index contributed by atoms with van der Waals surface area (Å²) in [6, 6.07) is 4.81. The van der Waals surface area contributed by atoms with E-state index in [2.05, 4.69) is 16.8 Å².